The zero-order valence-corrected chi connectivity index (χ0v) is 10.6. The van der Waals surface area contributed by atoms with Crippen molar-refractivity contribution in [2.24, 2.45) is 5.41 Å². The van der Waals surface area contributed by atoms with Crippen LogP contribution >= 0.6 is 0 Å². The Labute approximate surface area is 108 Å². The highest BCUT2D eigenvalue weighted by molar-refractivity contribution is 5.78. The Hall–Kier alpha value is -1.35. The van der Waals surface area contributed by atoms with Crippen LogP contribution in [0.4, 0.5) is 0 Å². The van der Waals surface area contributed by atoms with Gasteiger partial charge in [-0.2, -0.15) is 0 Å². The molecule has 3 rings (SSSR count). The molecule has 18 heavy (non-hydrogen) atoms. The molecule has 1 aromatic rings. The molecule has 0 bridgehead atoms. The van der Waals surface area contributed by atoms with E-state index in [1.807, 2.05) is 0 Å². The van der Waals surface area contributed by atoms with E-state index in [9.17, 15) is 4.79 Å². The number of hydrogen-bond donors (Lipinski definition) is 2. The SMILES string of the molecule is O=C1CC2(CCNCC2)[C@H](c2ccccc2)CN1. The summed E-state index contributed by atoms with van der Waals surface area (Å²) in [6.45, 7) is 2.87. The maximum absolute atomic E-state index is 11.8. The molecule has 1 amide bonds. The van der Waals surface area contributed by atoms with Crippen molar-refractivity contribution in [3.63, 3.8) is 0 Å². The van der Waals surface area contributed by atoms with E-state index in [2.05, 4.69) is 41.0 Å². The first-order valence-corrected chi connectivity index (χ1v) is 6.83. The normalized spacial score (nSPS) is 26.9. The van der Waals surface area contributed by atoms with E-state index < -0.39 is 0 Å². The predicted molar refractivity (Wildman–Crippen MR) is 71.3 cm³/mol. The lowest BCUT2D eigenvalue weighted by molar-refractivity contribution is -0.127. The smallest absolute Gasteiger partial charge is 0.220 e. The van der Waals surface area contributed by atoms with Crippen LogP contribution in [0.5, 0.6) is 0 Å². The van der Waals surface area contributed by atoms with Gasteiger partial charge in [-0.25, -0.2) is 0 Å². The van der Waals surface area contributed by atoms with Gasteiger partial charge >= 0.3 is 0 Å². The highest BCUT2D eigenvalue weighted by Gasteiger charge is 2.44. The van der Waals surface area contributed by atoms with Gasteiger partial charge in [0, 0.05) is 18.9 Å². The second kappa shape index (κ2) is 4.73. The molecule has 96 valence electrons. The van der Waals surface area contributed by atoms with Crippen LogP contribution in [0.2, 0.25) is 0 Å². The monoisotopic (exact) mass is 244 g/mol. The van der Waals surface area contributed by atoms with E-state index in [0.29, 0.717) is 12.3 Å². The Morgan fingerprint density at radius 3 is 2.56 bits per heavy atom. The Kier molecular flexibility index (Phi) is 3.08. The summed E-state index contributed by atoms with van der Waals surface area (Å²) in [5.74, 6) is 0.697. The second-order valence-corrected chi connectivity index (χ2v) is 5.56. The maximum atomic E-state index is 11.8. The minimum Gasteiger partial charge on any atom is -0.355 e. The van der Waals surface area contributed by atoms with Crippen LogP contribution in [0.25, 0.3) is 0 Å². The van der Waals surface area contributed by atoms with Crippen LogP contribution in [-0.4, -0.2) is 25.5 Å². The van der Waals surface area contributed by atoms with Crippen molar-refractivity contribution in [1.82, 2.24) is 10.6 Å². The van der Waals surface area contributed by atoms with Gasteiger partial charge in [0.2, 0.25) is 5.91 Å². The van der Waals surface area contributed by atoms with Gasteiger partial charge in [0.25, 0.3) is 0 Å². The molecule has 1 aromatic carbocycles. The molecular weight excluding hydrogens is 224 g/mol. The van der Waals surface area contributed by atoms with Gasteiger partial charge in [0.05, 0.1) is 0 Å². The summed E-state index contributed by atoms with van der Waals surface area (Å²) in [5, 5.41) is 6.45. The van der Waals surface area contributed by atoms with Gasteiger partial charge in [-0.1, -0.05) is 30.3 Å². The van der Waals surface area contributed by atoms with Gasteiger partial charge in [0.1, 0.15) is 0 Å². The molecule has 3 nitrogen and oxygen atoms in total. The van der Waals surface area contributed by atoms with E-state index in [0.717, 1.165) is 32.5 Å². The van der Waals surface area contributed by atoms with Gasteiger partial charge in [-0.15, -0.1) is 0 Å². The molecule has 2 aliphatic rings. The largest absolute Gasteiger partial charge is 0.355 e. The van der Waals surface area contributed by atoms with Gasteiger partial charge < -0.3 is 10.6 Å². The summed E-state index contributed by atoms with van der Waals surface area (Å²) in [6, 6.07) is 10.7. The summed E-state index contributed by atoms with van der Waals surface area (Å²) in [7, 11) is 0. The molecule has 3 heteroatoms. The predicted octanol–water partition coefficient (Wildman–Crippen LogP) is 1.66. The summed E-state index contributed by atoms with van der Waals surface area (Å²) in [5.41, 5.74) is 1.55. The number of hydrogen-bond acceptors (Lipinski definition) is 2. The molecule has 1 spiro atoms. The second-order valence-electron chi connectivity index (χ2n) is 5.56. The average Bonchev–Trinajstić information content (AvgIpc) is 2.40. The number of benzene rings is 1. The molecule has 0 radical (unpaired) electrons. The lowest BCUT2D eigenvalue weighted by atomic mass is 9.63. The Bertz CT molecular complexity index is 423. The fourth-order valence-corrected chi connectivity index (χ4v) is 3.54. The molecule has 2 heterocycles. The van der Waals surface area contributed by atoms with Crippen molar-refractivity contribution in [2.75, 3.05) is 19.6 Å². The topological polar surface area (TPSA) is 41.1 Å². The first-order valence-electron chi connectivity index (χ1n) is 6.83. The maximum Gasteiger partial charge on any atom is 0.220 e. The first kappa shape index (κ1) is 11.7. The fraction of sp³-hybridized carbons (Fsp3) is 0.533. The minimum absolute atomic E-state index is 0.176. The van der Waals surface area contributed by atoms with Crippen molar-refractivity contribution >= 4 is 5.91 Å². The first-order chi connectivity index (χ1) is 8.80. The summed E-state index contributed by atoms with van der Waals surface area (Å²) in [4.78, 5) is 11.8. The number of rotatable bonds is 1. The quantitative estimate of drug-likeness (QED) is 0.789. The van der Waals surface area contributed by atoms with Gasteiger partial charge in [-0.05, 0) is 36.9 Å². The van der Waals surface area contributed by atoms with Crippen molar-refractivity contribution in [2.45, 2.75) is 25.2 Å². The molecule has 0 aromatic heterocycles. The standard InChI is InChI=1S/C15H20N2O/c18-14-10-15(6-8-16-9-7-15)13(11-17-14)12-4-2-1-3-5-12/h1-5,13,16H,6-11H2,(H,17,18)/t13-/m0/s1. The van der Waals surface area contributed by atoms with E-state index in [1.54, 1.807) is 0 Å². The molecule has 0 saturated carbocycles. The van der Waals surface area contributed by atoms with Crippen LogP contribution in [0.15, 0.2) is 30.3 Å². The molecular formula is C15H20N2O. The third-order valence-corrected chi connectivity index (χ3v) is 4.56. The zero-order valence-electron chi connectivity index (χ0n) is 10.6. The van der Waals surface area contributed by atoms with Crippen LogP contribution < -0.4 is 10.6 Å². The molecule has 1 atom stereocenters. The number of piperidine rings is 2. The van der Waals surface area contributed by atoms with Crippen molar-refractivity contribution in [3.8, 4) is 0 Å². The van der Waals surface area contributed by atoms with Crippen LogP contribution in [0.1, 0.15) is 30.7 Å². The van der Waals surface area contributed by atoms with Crippen LogP contribution in [0.3, 0.4) is 0 Å². The molecule has 2 fully saturated rings. The number of carbonyl (C=O) groups excluding carboxylic acids is 1. The highest BCUT2D eigenvalue weighted by Crippen LogP contribution is 2.47. The molecule has 0 aliphatic carbocycles. The van der Waals surface area contributed by atoms with Crippen LogP contribution in [0, 0.1) is 5.41 Å². The fourth-order valence-electron chi connectivity index (χ4n) is 3.54. The Morgan fingerprint density at radius 1 is 1.11 bits per heavy atom. The van der Waals surface area contributed by atoms with E-state index in [1.165, 1.54) is 5.56 Å². The molecule has 2 N–H and O–H groups in total. The van der Waals surface area contributed by atoms with Gasteiger partial charge in [0.15, 0.2) is 0 Å². The minimum atomic E-state index is 0.176. The number of carbonyl (C=O) groups is 1. The third kappa shape index (κ3) is 2.03. The van der Waals surface area contributed by atoms with Crippen molar-refractivity contribution in [1.29, 1.82) is 0 Å². The molecule has 2 aliphatic heterocycles. The summed E-state index contributed by atoms with van der Waals surface area (Å²) >= 11 is 0. The average molecular weight is 244 g/mol. The highest BCUT2D eigenvalue weighted by atomic mass is 16.1. The van der Waals surface area contributed by atoms with Crippen molar-refractivity contribution in [3.05, 3.63) is 35.9 Å². The summed E-state index contributed by atoms with van der Waals surface area (Å²) < 4.78 is 0. The third-order valence-electron chi connectivity index (χ3n) is 4.56. The van der Waals surface area contributed by atoms with Crippen LogP contribution in [-0.2, 0) is 4.79 Å². The van der Waals surface area contributed by atoms with Gasteiger partial charge in [-0.3, -0.25) is 4.79 Å². The number of amides is 1. The lowest BCUT2D eigenvalue weighted by Crippen LogP contribution is -2.51. The summed E-state index contributed by atoms with van der Waals surface area (Å²) in [6.07, 6.45) is 2.91. The number of nitrogens with one attached hydrogen (secondary N) is 2. The molecule has 2 saturated heterocycles. The molecule has 0 unspecified atom stereocenters. The van der Waals surface area contributed by atoms with E-state index >= 15 is 0 Å². The Balaban J connectivity index is 1.93. The lowest BCUT2D eigenvalue weighted by Gasteiger charge is -2.46. The van der Waals surface area contributed by atoms with Crippen molar-refractivity contribution < 1.29 is 4.79 Å². The van der Waals surface area contributed by atoms with E-state index in [-0.39, 0.29) is 11.3 Å². The zero-order chi connectivity index (χ0) is 12.4. The van der Waals surface area contributed by atoms with E-state index in [4.69, 9.17) is 0 Å². The Morgan fingerprint density at radius 2 is 1.83 bits per heavy atom.